The summed E-state index contributed by atoms with van der Waals surface area (Å²) in [7, 11) is 0. The second kappa shape index (κ2) is 6.93. The van der Waals surface area contributed by atoms with Gasteiger partial charge in [0.1, 0.15) is 5.75 Å². The van der Waals surface area contributed by atoms with E-state index in [2.05, 4.69) is 10.2 Å². The third-order valence-corrected chi connectivity index (χ3v) is 4.51. The number of rotatable bonds is 4. The highest BCUT2D eigenvalue weighted by Gasteiger charge is 2.43. The van der Waals surface area contributed by atoms with Crippen molar-refractivity contribution in [2.75, 3.05) is 44.2 Å². The molecule has 0 spiro atoms. The van der Waals surface area contributed by atoms with Crippen molar-refractivity contribution in [2.24, 2.45) is 0 Å². The summed E-state index contributed by atoms with van der Waals surface area (Å²) in [6.07, 6.45) is -0.404. The topological polar surface area (TPSA) is 44.8 Å². The third kappa shape index (κ3) is 3.61. The molecular weight excluding hydrogens is 316 g/mol. The maximum Gasteiger partial charge on any atom is 0.262 e. The average molecular weight is 339 g/mol. The highest BCUT2D eigenvalue weighted by atomic mass is 19.3. The molecule has 1 N–H and O–H groups in total. The van der Waals surface area contributed by atoms with Crippen LogP contribution in [-0.4, -0.2) is 62.1 Å². The summed E-state index contributed by atoms with van der Waals surface area (Å²) in [4.78, 5) is 16.2. The Bertz CT molecular complexity index is 589. The number of nitrogens with zero attached hydrogens (tertiary/aromatic N) is 2. The number of alkyl halides is 2. The summed E-state index contributed by atoms with van der Waals surface area (Å²) in [6.45, 7) is 4.52. The fourth-order valence-electron chi connectivity index (χ4n) is 3.27. The van der Waals surface area contributed by atoms with Gasteiger partial charge in [-0.05, 0) is 19.1 Å². The lowest BCUT2D eigenvalue weighted by Gasteiger charge is -2.37. The number of carbonyl (C=O) groups is 1. The fourth-order valence-corrected chi connectivity index (χ4v) is 3.27. The molecule has 5 nitrogen and oxygen atoms in total. The van der Waals surface area contributed by atoms with E-state index in [4.69, 9.17) is 4.74 Å². The van der Waals surface area contributed by atoms with E-state index in [1.54, 1.807) is 4.90 Å². The molecule has 2 saturated heterocycles. The Hall–Kier alpha value is -1.89. The van der Waals surface area contributed by atoms with Crippen molar-refractivity contribution in [2.45, 2.75) is 25.3 Å². The smallest absolute Gasteiger partial charge is 0.262 e. The maximum atomic E-state index is 13.3. The SMILES string of the molecule is CCOc1ccccc1N1CCN(C(=O)C2CC(F)(F)CN2)CC1. The Labute approximate surface area is 140 Å². The molecule has 0 aliphatic carbocycles. The van der Waals surface area contributed by atoms with Crippen LogP contribution in [0.4, 0.5) is 14.5 Å². The molecule has 0 bridgehead atoms. The van der Waals surface area contributed by atoms with E-state index in [9.17, 15) is 13.6 Å². The summed E-state index contributed by atoms with van der Waals surface area (Å²) in [5.41, 5.74) is 1.01. The van der Waals surface area contributed by atoms with Crippen molar-refractivity contribution in [3.05, 3.63) is 24.3 Å². The Kier molecular flexibility index (Phi) is 4.89. The summed E-state index contributed by atoms with van der Waals surface area (Å²) in [5.74, 6) is -2.17. The highest BCUT2D eigenvalue weighted by Crippen LogP contribution is 2.30. The zero-order valence-corrected chi connectivity index (χ0v) is 13.8. The number of anilines is 1. The largest absolute Gasteiger partial charge is 0.492 e. The van der Waals surface area contributed by atoms with Gasteiger partial charge in [-0.3, -0.25) is 10.1 Å². The summed E-state index contributed by atoms with van der Waals surface area (Å²) >= 11 is 0. The molecule has 0 aromatic heterocycles. The minimum atomic E-state index is -2.78. The van der Waals surface area contributed by atoms with Crippen molar-refractivity contribution in [1.82, 2.24) is 10.2 Å². The van der Waals surface area contributed by atoms with E-state index in [0.717, 1.165) is 11.4 Å². The lowest BCUT2D eigenvalue weighted by Crippen LogP contribution is -2.53. The highest BCUT2D eigenvalue weighted by molar-refractivity contribution is 5.82. The molecule has 24 heavy (non-hydrogen) atoms. The van der Waals surface area contributed by atoms with E-state index in [1.165, 1.54) is 0 Å². The number of halogens is 2. The van der Waals surface area contributed by atoms with Crippen molar-refractivity contribution in [3.63, 3.8) is 0 Å². The first-order valence-electron chi connectivity index (χ1n) is 8.37. The molecule has 0 radical (unpaired) electrons. The monoisotopic (exact) mass is 339 g/mol. The van der Waals surface area contributed by atoms with Crippen LogP contribution < -0.4 is 15.0 Å². The first kappa shape index (κ1) is 17.0. The van der Waals surface area contributed by atoms with Crippen LogP contribution in [0.2, 0.25) is 0 Å². The van der Waals surface area contributed by atoms with Crippen molar-refractivity contribution in [3.8, 4) is 5.75 Å². The van der Waals surface area contributed by atoms with Crippen LogP contribution in [0, 0.1) is 0 Å². The number of amides is 1. The van der Waals surface area contributed by atoms with Gasteiger partial charge in [-0.15, -0.1) is 0 Å². The molecule has 1 aromatic rings. The molecule has 0 saturated carbocycles. The molecule has 1 unspecified atom stereocenters. The first-order valence-corrected chi connectivity index (χ1v) is 8.37. The minimum Gasteiger partial charge on any atom is -0.492 e. The number of carbonyl (C=O) groups excluding carboxylic acids is 1. The lowest BCUT2D eigenvalue weighted by molar-refractivity contribution is -0.134. The Morgan fingerprint density at radius 1 is 1.29 bits per heavy atom. The van der Waals surface area contributed by atoms with Gasteiger partial charge in [0.05, 0.1) is 24.9 Å². The van der Waals surface area contributed by atoms with Crippen LogP contribution in [0.15, 0.2) is 24.3 Å². The number of piperazine rings is 1. The van der Waals surface area contributed by atoms with Gasteiger partial charge in [0, 0.05) is 32.6 Å². The Morgan fingerprint density at radius 2 is 2.00 bits per heavy atom. The van der Waals surface area contributed by atoms with Gasteiger partial charge in [0.2, 0.25) is 5.91 Å². The molecule has 2 fully saturated rings. The van der Waals surface area contributed by atoms with Gasteiger partial charge in [0.25, 0.3) is 5.92 Å². The number of ether oxygens (including phenoxy) is 1. The van der Waals surface area contributed by atoms with Crippen molar-refractivity contribution >= 4 is 11.6 Å². The number of para-hydroxylation sites is 2. The number of benzene rings is 1. The normalized spacial score (nSPS) is 23.4. The van der Waals surface area contributed by atoms with Gasteiger partial charge < -0.3 is 14.5 Å². The zero-order valence-electron chi connectivity index (χ0n) is 13.8. The standard InChI is InChI=1S/C17H23F2N3O2/c1-2-24-15-6-4-3-5-14(15)21-7-9-22(10-8-21)16(23)13-11-17(18,19)12-20-13/h3-6,13,20H,2,7-12H2,1H3. The molecule has 2 heterocycles. The van der Waals surface area contributed by atoms with Crippen molar-refractivity contribution < 1.29 is 18.3 Å². The zero-order chi connectivity index (χ0) is 17.2. The second-order valence-corrected chi connectivity index (χ2v) is 6.21. The van der Waals surface area contributed by atoms with E-state index in [1.807, 2.05) is 31.2 Å². The number of nitrogens with one attached hydrogen (secondary N) is 1. The summed E-state index contributed by atoms with van der Waals surface area (Å²) in [5, 5.41) is 2.64. The Balaban J connectivity index is 1.59. The number of hydrogen-bond acceptors (Lipinski definition) is 4. The molecule has 1 amide bonds. The van der Waals surface area contributed by atoms with Gasteiger partial charge in [-0.2, -0.15) is 0 Å². The maximum absolute atomic E-state index is 13.3. The van der Waals surface area contributed by atoms with E-state index in [-0.39, 0.29) is 5.91 Å². The number of hydrogen-bond donors (Lipinski definition) is 1. The van der Waals surface area contributed by atoms with Crippen LogP contribution in [0.3, 0.4) is 0 Å². The van der Waals surface area contributed by atoms with E-state index < -0.39 is 24.9 Å². The first-order chi connectivity index (χ1) is 11.5. The van der Waals surface area contributed by atoms with Gasteiger partial charge in [-0.25, -0.2) is 8.78 Å². The quantitative estimate of drug-likeness (QED) is 0.907. The molecule has 3 rings (SSSR count). The van der Waals surface area contributed by atoms with Crippen LogP contribution in [0.5, 0.6) is 5.75 Å². The molecular formula is C17H23F2N3O2. The summed E-state index contributed by atoms with van der Waals surface area (Å²) in [6, 6.07) is 7.06. The van der Waals surface area contributed by atoms with Gasteiger partial charge >= 0.3 is 0 Å². The van der Waals surface area contributed by atoms with E-state index >= 15 is 0 Å². The molecule has 132 valence electrons. The third-order valence-electron chi connectivity index (χ3n) is 4.51. The van der Waals surface area contributed by atoms with Gasteiger partial charge in [0.15, 0.2) is 0 Å². The minimum absolute atomic E-state index is 0.218. The molecule has 1 atom stereocenters. The predicted octanol–water partition coefficient (Wildman–Crippen LogP) is 1.73. The predicted molar refractivity (Wildman–Crippen MR) is 87.8 cm³/mol. The van der Waals surface area contributed by atoms with Crippen LogP contribution >= 0.6 is 0 Å². The average Bonchev–Trinajstić information content (AvgIpc) is 2.95. The van der Waals surface area contributed by atoms with Crippen LogP contribution in [0.1, 0.15) is 13.3 Å². The lowest BCUT2D eigenvalue weighted by atomic mass is 10.1. The second-order valence-electron chi connectivity index (χ2n) is 6.21. The molecule has 2 aliphatic rings. The van der Waals surface area contributed by atoms with E-state index in [0.29, 0.717) is 32.8 Å². The van der Waals surface area contributed by atoms with Crippen LogP contribution in [-0.2, 0) is 4.79 Å². The summed E-state index contributed by atoms with van der Waals surface area (Å²) < 4.78 is 32.2. The molecule has 2 aliphatic heterocycles. The van der Waals surface area contributed by atoms with Crippen molar-refractivity contribution in [1.29, 1.82) is 0 Å². The molecule has 1 aromatic carbocycles. The Morgan fingerprint density at radius 3 is 2.62 bits per heavy atom. The molecule has 7 heteroatoms. The van der Waals surface area contributed by atoms with Gasteiger partial charge in [-0.1, -0.05) is 12.1 Å². The fraction of sp³-hybridized carbons (Fsp3) is 0.588. The van der Waals surface area contributed by atoms with Crippen LogP contribution in [0.25, 0.3) is 0 Å².